The summed E-state index contributed by atoms with van der Waals surface area (Å²) in [5.41, 5.74) is 3.17. The molecular weight excluding hydrogens is 330 g/mol. The Morgan fingerprint density at radius 2 is 1.60 bits per heavy atom. The Bertz CT molecular complexity index is 939. The van der Waals surface area contributed by atoms with Crippen molar-refractivity contribution in [3.05, 3.63) is 72.4 Å². The van der Waals surface area contributed by atoms with Gasteiger partial charge in [0.25, 0.3) is 0 Å². The summed E-state index contributed by atoms with van der Waals surface area (Å²) < 4.78 is 28.0. The Morgan fingerprint density at radius 3 is 2.24 bits per heavy atom. The zero-order valence-electron chi connectivity index (χ0n) is 14.6. The van der Waals surface area contributed by atoms with Crippen LogP contribution in [0.1, 0.15) is 25.3 Å². The van der Waals surface area contributed by atoms with E-state index in [4.69, 9.17) is 0 Å². The van der Waals surface area contributed by atoms with Crippen LogP contribution in [0.25, 0.3) is 11.3 Å². The van der Waals surface area contributed by atoms with Gasteiger partial charge in [0.15, 0.2) is 0 Å². The zero-order chi connectivity index (χ0) is 17.9. The highest BCUT2D eigenvalue weighted by atomic mass is 32.2. The molecule has 0 radical (unpaired) electrons. The van der Waals surface area contributed by atoms with Crippen LogP contribution in [0.2, 0.25) is 0 Å². The second-order valence-electron chi connectivity index (χ2n) is 6.29. The fraction of sp³-hybridized carbons (Fsp3) is 0.238. The van der Waals surface area contributed by atoms with Crippen LogP contribution in [0, 0.1) is 6.92 Å². The van der Waals surface area contributed by atoms with E-state index in [1.165, 1.54) is 5.56 Å². The molecule has 0 saturated carbocycles. The van der Waals surface area contributed by atoms with E-state index in [1.807, 2.05) is 25.1 Å². The highest BCUT2D eigenvalue weighted by Gasteiger charge is 2.21. The fourth-order valence-electron chi connectivity index (χ4n) is 2.85. The van der Waals surface area contributed by atoms with E-state index < -0.39 is 9.84 Å². The molecule has 4 heteroatoms. The van der Waals surface area contributed by atoms with Gasteiger partial charge in [-0.05, 0) is 37.1 Å². The average Bonchev–Trinajstić information content (AvgIpc) is 3.06. The van der Waals surface area contributed by atoms with E-state index in [-0.39, 0.29) is 0 Å². The molecule has 3 aromatic rings. The third kappa shape index (κ3) is 3.69. The Labute approximate surface area is 149 Å². The predicted octanol–water partition coefficient (Wildman–Crippen LogP) is 5.10. The Balaban J connectivity index is 2.08. The first-order valence-corrected chi connectivity index (χ1v) is 10.1. The lowest BCUT2D eigenvalue weighted by Gasteiger charge is -2.08. The molecule has 1 aromatic heterocycles. The quantitative estimate of drug-likeness (QED) is 0.619. The minimum Gasteiger partial charge on any atom is -0.346 e. The molecule has 0 N–H and O–H groups in total. The van der Waals surface area contributed by atoms with Gasteiger partial charge >= 0.3 is 0 Å². The lowest BCUT2D eigenvalue weighted by Crippen LogP contribution is -2.01. The molecule has 0 aliphatic rings. The van der Waals surface area contributed by atoms with Crippen molar-refractivity contribution in [2.24, 2.45) is 0 Å². The first kappa shape index (κ1) is 17.5. The van der Waals surface area contributed by atoms with Crippen LogP contribution in [0.4, 0.5) is 0 Å². The van der Waals surface area contributed by atoms with Gasteiger partial charge in [0, 0.05) is 18.4 Å². The molecule has 25 heavy (non-hydrogen) atoms. The summed E-state index contributed by atoms with van der Waals surface area (Å²) in [5.74, 6) is 0. The van der Waals surface area contributed by atoms with Crippen molar-refractivity contribution in [3.63, 3.8) is 0 Å². The van der Waals surface area contributed by atoms with Gasteiger partial charge in [-0.15, -0.1) is 0 Å². The Hall–Kier alpha value is -2.33. The second kappa shape index (κ2) is 7.28. The van der Waals surface area contributed by atoms with Crippen molar-refractivity contribution in [2.75, 3.05) is 0 Å². The van der Waals surface area contributed by atoms with Crippen LogP contribution in [0.3, 0.4) is 0 Å². The maximum atomic E-state index is 12.9. The van der Waals surface area contributed by atoms with E-state index in [1.54, 1.807) is 36.5 Å². The molecule has 1 heterocycles. The third-order valence-electron chi connectivity index (χ3n) is 4.34. The maximum absolute atomic E-state index is 12.9. The van der Waals surface area contributed by atoms with Crippen LogP contribution in [0.5, 0.6) is 0 Å². The minimum absolute atomic E-state index is 0.332. The van der Waals surface area contributed by atoms with Crippen LogP contribution >= 0.6 is 0 Å². The van der Waals surface area contributed by atoms with Gasteiger partial charge < -0.3 is 4.57 Å². The molecule has 0 fully saturated rings. The second-order valence-corrected chi connectivity index (χ2v) is 8.24. The highest BCUT2D eigenvalue weighted by Crippen LogP contribution is 2.29. The molecule has 130 valence electrons. The summed E-state index contributed by atoms with van der Waals surface area (Å²) in [4.78, 5) is 0.684. The van der Waals surface area contributed by atoms with Crippen LogP contribution in [-0.4, -0.2) is 13.0 Å². The van der Waals surface area contributed by atoms with Crippen molar-refractivity contribution >= 4 is 9.84 Å². The average molecular weight is 353 g/mol. The molecule has 0 amide bonds. The number of benzene rings is 2. The van der Waals surface area contributed by atoms with E-state index in [0.29, 0.717) is 9.79 Å². The number of rotatable bonds is 6. The van der Waals surface area contributed by atoms with Crippen LogP contribution in [-0.2, 0) is 16.4 Å². The number of sulfone groups is 1. The van der Waals surface area contributed by atoms with Crippen molar-refractivity contribution < 1.29 is 8.42 Å². The van der Waals surface area contributed by atoms with Crippen molar-refractivity contribution in [1.82, 2.24) is 4.57 Å². The molecule has 0 unspecified atom stereocenters. The van der Waals surface area contributed by atoms with Gasteiger partial charge in [-0.2, -0.15) is 0 Å². The fourth-order valence-corrected chi connectivity index (χ4v) is 4.17. The van der Waals surface area contributed by atoms with Crippen molar-refractivity contribution in [3.8, 4) is 11.3 Å². The summed E-state index contributed by atoms with van der Waals surface area (Å²) >= 11 is 0. The molecule has 2 aromatic carbocycles. The third-order valence-corrected chi connectivity index (χ3v) is 6.07. The van der Waals surface area contributed by atoms with Gasteiger partial charge in [0.2, 0.25) is 9.84 Å². The van der Waals surface area contributed by atoms with Crippen molar-refractivity contribution in [1.29, 1.82) is 0 Å². The SMILES string of the molecule is CCCCn1cc(S(=O)(=O)c2ccccc2)cc1-c1ccc(C)cc1. The molecule has 0 aliphatic heterocycles. The van der Waals surface area contributed by atoms with E-state index >= 15 is 0 Å². The summed E-state index contributed by atoms with van der Waals surface area (Å²) in [5, 5.41) is 0. The van der Waals surface area contributed by atoms with Gasteiger partial charge in [-0.1, -0.05) is 61.4 Å². The van der Waals surface area contributed by atoms with Crippen LogP contribution < -0.4 is 0 Å². The summed E-state index contributed by atoms with van der Waals surface area (Å²) in [6.07, 6.45) is 3.85. The summed E-state index contributed by atoms with van der Waals surface area (Å²) in [6.45, 7) is 4.99. The number of aryl methyl sites for hydroxylation is 2. The summed E-state index contributed by atoms with van der Waals surface area (Å²) in [6, 6.07) is 18.6. The van der Waals surface area contributed by atoms with Crippen molar-refractivity contribution in [2.45, 2.75) is 43.0 Å². The monoisotopic (exact) mass is 353 g/mol. The summed E-state index contributed by atoms with van der Waals surface area (Å²) in [7, 11) is -3.50. The number of hydrogen-bond acceptors (Lipinski definition) is 2. The van der Waals surface area contributed by atoms with Gasteiger partial charge in [0.05, 0.1) is 9.79 Å². The lowest BCUT2D eigenvalue weighted by atomic mass is 10.1. The van der Waals surface area contributed by atoms with Crippen LogP contribution in [0.15, 0.2) is 76.7 Å². The predicted molar refractivity (Wildman–Crippen MR) is 101 cm³/mol. The Morgan fingerprint density at radius 1 is 0.920 bits per heavy atom. The lowest BCUT2D eigenvalue weighted by molar-refractivity contribution is 0.594. The van der Waals surface area contributed by atoms with Gasteiger partial charge in [-0.3, -0.25) is 0 Å². The molecule has 0 spiro atoms. The molecule has 3 rings (SSSR count). The molecule has 0 aliphatic carbocycles. The topological polar surface area (TPSA) is 39.1 Å². The number of nitrogens with zero attached hydrogens (tertiary/aromatic N) is 1. The molecule has 0 bridgehead atoms. The largest absolute Gasteiger partial charge is 0.346 e. The van der Waals surface area contributed by atoms with E-state index in [2.05, 4.69) is 23.6 Å². The first-order chi connectivity index (χ1) is 12.0. The highest BCUT2D eigenvalue weighted by molar-refractivity contribution is 7.91. The molecule has 0 saturated heterocycles. The smallest absolute Gasteiger partial charge is 0.208 e. The van der Waals surface area contributed by atoms with E-state index in [9.17, 15) is 8.42 Å². The normalized spacial score (nSPS) is 11.6. The molecule has 0 atom stereocenters. The van der Waals surface area contributed by atoms with E-state index in [0.717, 1.165) is 30.6 Å². The number of aromatic nitrogens is 1. The maximum Gasteiger partial charge on any atom is 0.208 e. The Kier molecular flexibility index (Phi) is 5.09. The molecular formula is C21H23NO2S. The van der Waals surface area contributed by atoms with Gasteiger partial charge in [-0.25, -0.2) is 8.42 Å². The minimum atomic E-state index is -3.50. The number of hydrogen-bond donors (Lipinski definition) is 0. The standard InChI is InChI=1S/C21H23NO2S/c1-3-4-14-22-16-20(25(23,24)19-8-6-5-7-9-19)15-21(22)18-12-10-17(2)11-13-18/h5-13,15-16H,3-4,14H2,1-2H3. The zero-order valence-corrected chi connectivity index (χ0v) is 15.5. The first-order valence-electron chi connectivity index (χ1n) is 8.59. The number of unbranched alkanes of at least 4 members (excludes halogenated alkanes) is 1. The van der Waals surface area contributed by atoms with Gasteiger partial charge in [0.1, 0.15) is 0 Å². The molecule has 3 nitrogen and oxygen atoms in total.